The van der Waals surface area contributed by atoms with Gasteiger partial charge in [0.25, 0.3) is 11.5 Å². The monoisotopic (exact) mass is 399 g/mol. The molecule has 1 atom stereocenters. The van der Waals surface area contributed by atoms with Gasteiger partial charge in [-0.05, 0) is 45.4 Å². The minimum Gasteiger partial charge on any atom is -0.448 e. The van der Waals surface area contributed by atoms with Crippen molar-refractivity contribution in [3.63, 3.8) is 0 Å². The van der Waals surface area contributed by atoms with Crippen LogP contribution in [0, 0.1) is 13.8 Å². The quantitative estimate of drug-likeness (QED) is 0.665. The molecule has 0 saturated heterocycles. The van der Waals surface area contributed by atoms with Gasteiger partial charge in [-0.25, -0.2) is 9.78 Å². The number of carbonyl (C=O) groups is 2. The number of thiophene rings is 1. The first-order valence-electron chi connectivity index (χ1n) is 8.90. The second-order valence-electron chi connectivity index (χ2n) is 6.35. The number of likely N-dealkylation sites (N-methyl/N-ethyl adjacent to an activating group) is 1. The van der Waals surface area contributed by atoms with Gasteiger partial charge < -0.3 is 14.6 Å². The van der Waals surface area contributed by atoms with Gasteiger partial charge in [0, 0.05) is 12.2 Å². The summed E-state index contributed by atoms with van der Waals surface area (Å²) >= 11 is 1.09. The van der Waals surface area contributed by atoms with Crippen molar-refractivity contribution >= 4 is 39.1 Å². The molecule has 2 heterocycles. The first-order chi connectivity index (χ1) is 13.3. The highest BCUT2D eigenvalue weighted by atomic mass is 32.1. The third-order valence-corrected chi connectivity index (χ3v) is 5.55. The van der Waals surface area contributed by atoms with E-state index in [4.69, 9.17) is 4.74 Å². The summed E-state index contributed by atoms with van der Waals surface area (Å²) in [6, 6.07) is 9.20. The van der Waals surface area contributed by atoms with Gasteiger partial charge in [-0.2, -0.15) is 0 Å². The van der Waals surface area contributed by atoms with Gasteiger partial charge >= 0.3 is 5.97 Å². The van der Waals surface area contributed by atoms with Gasteiger partial charge in [-0.3, -0.25) is 9.59 Å². The van der Waals surface area contributed by atoms with Crippen molar-refractivity contribution in [2.75, 3.05) is 11.4 Å². The van der Waals surface area contributed by atoms with E-state index in [2.05, 4.69) is 9.97 Å². The normalized spacial score (nSPS) is 12.0. The number of rotatable bonds is 5. The van der Waals surface area contributed by atoms with E-state index in [1.807, 2.05) is 37.3 Å². The summed E-state index contributed by atoms with van der Waals surface area (Å²) in [4.78, 5) is 46.8. The Morgan fingerprint density at radius 2 is 1.93 bits per heavy atom. The Morgan fingerprint density at radius 1 is 1.25 bits per heavy atom. The van der Waals surface area contributed by atoms with Crippen molar-refractivity contribution in [3.8, 4) is 0 Å². The molecule has 3 rings (SSSR count). The van der Waals surface area contributed by atoms with Crippen molar-refractivity contribution in [2.45, 2.75) is 33.8 Å². The largest absolute Gasteiger partial charge is 0.448 e. The highest BCUT2D eigenvalue weighted by molar-refractivity contribution is 7.20. The molecule has 0 aliphatic rings. The number of fused-ring (bicyclic) bond motifs is 1. The van der Waals surface area contributed by atoms with E-state index in [0.29, 0.717) is 28.1 Å². The summed E-state index contributed by atoms with van der Waals surface area (Å²) in [5, 5.41) is 0.376. The number of carbonyl (C=O) groups excluding carboxylic acids is 2. The first-order valence-corrected chi connectivity index (χ1v) is 9.72. The van der Waals surface area contributed by atoms with Gasteiger partial charge in [0.15, 0.2) is 6.10 Å². The average Bonchev–Trinajstić information content (AvgIpc) is 2.99. The number of esters is 1. The van der Waals surface area contributed by atoms with E-state index < -0.39 is 12.1 Å². The van der Waals surface area contributed by atoms with Crippen LogP contribution in [0.1, 0.15) is 34.9 Å². The van der Waals surface area contributed by atoms with E-state index >= 15 is 0 Å². The molecule has 0 radical (unpaired) electrons. The number of aromatic nitrogens is 2. The first kappa shape index (κ1) is 19.8. The number of aromatic amines is 1. The molecule has 8 heteroatoms. The number of aryl methyl sites for hydroxylation is 2. The molecule has 1 N–H and O–H groups in total. The zero-order valence-corrected chi connectivity index (χ0v) is 16.9. The summed E-state index contributed by atoms with van der Waals surface area (Å²) in [5.41, 5.74) is 0.955. The molecule has 0 bridgehead atoms. The van der Waals surface area contributed by atoms with Crippen LogP contribution in [0.15, 0.2) is 35.1 Å². The molecule has 7 nitrogen and oxygen atoms in total. The molecule has 0 aliphatic carbocycles. The minimum atomic E-state index is -0.967. The van der Waals surface area contributed by atoms with Gasteiger partial charge in [-0.15, -0.1) is 11.3 Å². The highest BCUT2D eigenvalue weighted by Crippen LogP contribution is 2.28. The van der Waals surface area contributed by atoms with Gasteiger partial charge in [0.2, 0.25) is 0 Å². The number of benzene rings is 1. The Hall–Kier alpha value is -3.00. The summed E-state index contributed by atoms with van der Waals surface area (Å²) in [6.07, 6.45) is -0.967. The molecule has 0 aliphatic heterocycles. The van der Waals surface area contributed by atoms with E-state index in [-0.39, 0.29) is 16.3 Å². The molecule has 146 valence electrons. The number of hydrogen-bond donors (Lipinski definition) is 1. The molecular formula is C20H21N3O4S. The molecule has 3 aromatic rings. The zero-order chi connectivity index (χ0) is 20.4. The Morgan fingerprint density at radius 3 is 2.57 bits per heavy atom. The van der Waals surface area contributed by atoms with Crippen molar-refractivity contribution in [2.24, 2.45) is 0 Å². The zero-order valence-electron chi connectivity index (χ0n) is 16.1. The van der Waals surface area contributed by atoms with E-state index in [1.165, 1.54) is 0 Å². The predicted molar refractivity (Wildman–Crippen MR) is 109 cm³/mol. The van der Waals surface area contributed by atoms with Gasteiger partial charge in [0.1, 0.15) is 15.5 Å². The molecule has 1 amide bonds. The van der Waals surface area contributed by atoms with Crippen molar-refractivity contribution in [1.82, 2.24) is 9.97 Å². The molecule has 0 spiro atoms. The maximum Gasteiger partial charge on any atom is 0.349 e. The second-order valence-corrected chi connectivity index (χ2v) is 7.35. The predicted octanol–water partition coefficient (Wildman–Crippen LogP) is 3.20. The van der Waals surface area contributed by atoms with Crippen LogP contribution in [0.25, 0.3) is 10.2 Å². The molecule has 0 unspecified atom stereocenters. The molecule has 2 aromatic heterocycles. The van der Waals surface area contributed by atoms with Gasteiger partial charge in [0.05, 0.1) is 5.39 Å². The maximum absolute atomic E-state index is 12.8. The fourth-order valence-corrected chi connectivity index (χ4v) is 4.11. The molecule has 0 saturated carbocycles. The lowest BCUT2D eigenvalue weighted by Crippen LogP contribution is -2.40. The number of nitrogens with one attached hydrogen (secondary N) is 1. The number of nitrogens with zero attached hydrogens (tertiary/aromatic N) is 2. The van der Waals surface area contributed by atoms with Crippen molar-refractivity contribution in [1.29, 1.82) is 0 Å². The third-order valence-electron chi connectivity index (χ3n) is 4.39. The average molecular weight is 399 g/mol. The van der Waals surface area contributed by atoms with Crippen LogP contribution in [0.2, 0.25) is 0 Å². The van der Waals surface area contributed by atoms with Crippen molar-refractivity contribution < 1.29 is 14.3 Å². The number of H-pyrrole nitrogens is 1. The smallest absolute Gasteiger partial charge is 0.349 e. The highest BCUT2D eigenvalue weighted by Gasteiger charge is 2.27. The van der Waals surface area contributed by atoms with E-state index in [1.54, 1.807) is 25.7 Å². The summed E-state index contributed by atoms with van der Waals surface area (Å²) in [5.74, 6) is -0.473. The minimum absolute atomic E-state index is 0.279. The van der Waals surface area contributed by atoms with Crippen LogP contribution in [0.3, 0.4) is 0 Å². The number of ether oxygens (including phenoxy) is 1. The van der Waals surface area contributed by atoms with Gasteiger partial charge in [-0.1, -0.05) is 18.2 Å². The van der Waals surface area contributed by atoms with Crippen molar-refractivity contribution in [3.05, 3.63) is 57.0 Å². The Labute approximate surface area is 166 Å². The molecular weight excluding hydrogens is 378 g/mol. The standard InChI is InChI=1S/C20H21N3O4S/c1-5-23(14-9-7-6-8-10-14)19(25)12(3)27-20(26)16-11(2)15-17(24)21-13(4)22-18(15)28-16/h6-10,12H,5H2,1-4H3,(H,21,22,24)/t12-/m1/s1. The Bertz CT molecular complexity index is 1090. The fraction of sp³-hybridized carbons (Fsp3) is 0.300. The van der Waals surface area contributed by atoms with E-state index in [0.717, 1.165) is 17.0 Å². The van der Waals surface area contributed by atoms with Crippen LogP contribution >= 0.6 is 11.3 Å². The topological polar surface area (TPSA) is 92.4 Å². The number of amides is 1. The Kier molecular flexibility index (Phi) is 5.60. The summed E-state index contributed by atoms with van der Waals surface area (Å²) in [6.45, 7) is 7.21. The van der Waals surface area contributed by atoms with Crippen LogP contribution < -0.4 is 10.5 Å². The lowest BCUT2D eigenvalue weighted by atomic mass is 10.2. The number of para-hydroxylation sites is 1. The van der Waals surface area contributed by atoms with Crippen LogP contribution in [0.4, 0.5) is 5.69 Å². The van der Waals surface area contributed by atoms with Crippen LogP contribution in [0.5, 0.6) is 0 Å². The third kappa shape index (κ3) is 3.68. The van der Waals surface area contributed by atoms with E-state index in [9.17, 15) is 14.4 Å². The summed E-state index contributed by atoms with van der Waals surface area (Å²) < 4.78 is 5.42. The SMILES string of the molecule is CCN(C(=O)[C@@H](C)OC(=O)c1sc2nc(C)[nH]c(=O)c2c1C)c1ccccc1. The van der Waals surface area contributed by atoms with Crippen LogP contribution in [-0.2, 0) is 9.53 Å². The van der Waals surface area contributed by atoms with Crippen LogP contribution in [-0.4, -0.2) is 34.5 Å². The number of anilines is 1. The lowest BCUT2D eigenvalue weighted by molar-refractivity contribution is -0.126. The number of hydrogen-bond acceptors (Lipinski definition) is 6. The maximum atomic E-state index is 12.8. The molecule has 28 heavy (non-hydrogen) atoms. The second kappa shape index (κ2) is 7.93. The Balaban J connectivity index is 1.83. The molecule has 0 fully saturated rings. The fourth-order valence-electron chi connectivity index (χ4n) is 3.00. The molecule has 1 aromatic carbocycles. The summed E-state index contributed by atoms with van der Waals surface area (Å²) in [7, 11) is 0. The lowest BCUT2D eigenvalue weighted by Gasteiger charge is -2.24.